The lowest BCUT2D eigenvalue weighted by molar-refractivity contribution is 0.0860. The van der Waals surface area contributed by atoms with E-state index in [9.17, 15) is 13.6 Å². The van der Waals surface area contributed by atoms with Crippen molar-refractivity contribution in [3.8, 4) is 0 Å². The van der Waals surface area contributed by atoms with Gasteiger partial charge in [0.1, 0.15) is 12.8 Å². The quantitative estimate of drug-likeness (QED) is 0.620. The normalized spacial score (nSPS) is 10.7. The lowest BCUT2D eigenvalue weighted by Crippen LogP contribution is -2.17. The van der Waals surface area contributed by atoms with E-state index in [0.717, 1.165) is 12.3 Å². The van der Waals surface area contributed by atoms with Crippen LogP contribution in [0.3, 0.4) is 0 Å². The van der Waals surface area contributed by atoms with Gasteiger partial charge in [0.25, 0.3) is 12.0 Å². The van der Waals surface area contributed by atoms with E-state index < -0.39 is 18.5 Å². The molecule has 0 amide bonds. The Labute approximate surface area is 54.8 Å². The highest BCUT2D eigenvalue weighted by Gasteiger charge is 2.06. The van der Waals surface area contributed by atoms with Crippen molar-refractivity contribution in [2.24, 2.45) is 0 Å². The Kier molecular flexibility index (Phi) is 1.84. The maximum atomic E-state index is 11.6. The molecular formula is C5H5F2NO2. The molecule has 1 heterocycles. The molecule has 56 valence electrons. The minimum Gasteiger partial charge on any atom is -0.384 e. The summed E-state index contributed by atoms with van der Waals surface area (Å²) in [5.41, 5.74) is -0.541. The van der Waals surface area contributed by atoms with Crippen LogP contribution in [0.25, 0.3) is 0 Å². The third-order valence-corrected chi connectivity index (χ3v) is 0.948. The third kappa shape index (κ3) is 1.43. The van der Waals surface area contributed by atoms with Crippen LogP contribution in [0.2, 0.25) is 0 Å². The number of hydrogen-bond acceptors (Lipinski definition) is 2. The predicted octanol–water partition coefficient (Wildman–Crippen LogP) is 0.706. The standard InChI is InChI=1S/C5H5F2NO2/c6-4(7)3-8-5(9)1-2-10-8/h1-2,4H,3H2. The molecule has 0 radical (unpaired) electrons. The zero-order chi connectivity index (χ0) is 7.56. The summed E-state index contributed by atoms with van der Waals surface area (Å²) in [5, 5.41) is 0. The van der Waals surface area contributed by atoms with Crippen molar-refractivity contribution in [3.05, 3.63) is 22.7 Å². The van der Waals surface area contributed by atoms with Gasteiger partial charge in [-0.05, 0) is 0 Å². The summed E-state index contributed by atoms with van der Waals surface area (Å²) in [6.07, 6.45) is -1.48. The minimum absolute atomic E-state index is 0.541. The summed E-state index contributed by atoms with van der Waals surface area (Å²) in [7, 11) is 0. The molecule has 10 heavy (non-hydrogen) atoms. The van der Waals surface area contributed by atoms with Gasteiger partial charge in [-0.2, -0.15) is 4.74 Å². The highest BCUT2D eigenvalue weighted by atomic mass is 19.3. The first-order valence-corrected chi connectivity index (χ1v) is 2.63. The molecule has 5 heteroatoms. The average molecular weight is 149 g/mol. The predicted molar refractivity (Wildman–Crippen MR) is 29.0 cm³/mol. The average Bonchev–Trinajstić information content (AvgIpc) is 2.15. The Morgan fingerprint density at radius 2 is 2.40 bits per heavy atom. The van der Waals surface area contributed by atoms with Crippen molar-refractivity contribution in [1.29, 1.82) is 0 Å². The van der Waals surface area contributed by atoms with E-state index in [0.29, 0.717) is 4.74 Å². The largest absolute Gasteiger partial charge is 0.384 e. The zero-order valence-corrected chi connectivity index (χ0v) is 4.96. The molecule has 0 saturated carbocycles. The molecule has 0 aliphatic rings. The fraction of sp³-hybridized carbons (Fsp3) is 0.400. The van der Waals surface area contributed by atoms with Gasteiger partial charge >= 0.3 is 0 Å². The third-order valence-electron chi connectivity index (χ3n) is 0.948. The van der Waals surface area contributed by atoms with Gasteiger partial charge in [0.15, 0.2) is 0 Å². The minimum atomic E-state index is -2.55. The molecule has 0 unspecified atom stereocenters. The summed E-state index contributed by atoms with van der Waals surface area (Å²) < 4.78 is 28.1. The van der Waals surface area contributed by atoms with E-state index in [4.69, 9.17) is 0 Å². The molecule has 1 aromatic heterocycles. The van der Waals surface area contributed by atoms with Crippen LogP contribution >= 0.6 is 0 Å². The van der Waals surface area contributed by atoms with Gasteiger partial charge < -0.3 is 4.52 Å². The van der Waals surface area contributed by atoms with Crippen LogP contribution in [-0.2, 0) is 6.54 Å². The number of aromatic nitrogens is 1. The summed E-state index contributed by atoms with van der Waals surface area (Å²) in [6, 6.07) is 1.09. The van der Waals surface area contributed by atoms with E-state index in [1.807, 2.05) is 0 Å². The van der Waals surface area contributed by atoms with Crippen molar-refractivity contribution in [2.45, 2.75) is 13.0 Å². The number of hydrogen-bond donors (Lipinski definition) is 0. The van der Waals surface area contributed by atoms with E-state index in [1.165, 1.54) is 0 Å². The van der Waals surface area contributed by atoms with E-state index in [1.54, 1.807) is 0 Å². The molecule has 0 spiro atoms. The van der Waals surface area contributed by atoms with Crippen LogP contribution in [-0.4, -0.2) is 11.2 Å². The Morgan fingerprint density at radius 1 is 1.70 bits per heavy atom. The van der Waals surface area contributed by atoms with Gasteiger partial charge in [-0.3, -0.25) is 4.79 Å². The highest BCUT2D eigenvalue weighted by molar-refractivity contribution is 4.75. The van der Waals surface area contributed by atoms with Gasteiger partial charge in [-0.1, -0.05) is 0 Å². The molecule has 0 aliphatic heterocycles. The van der Waals surface area contributed by atoms with E-state index in [2.05, 4.69) is 4.52 Å². The van der Waals surface area contributed by atoms with Gasteiger partial charge in [0.2, 0.25) is 0 Å². The van der Waals surface area contributed by atoms with Crippen molar-refractivity contribution >= 4 is 0 Å². The first-order chi connectivity index (χ1) is 4.70. The van der Waals surface area contributed by atoms with Crippen molar-refractivity contribution in [1.82, 2.24) is 4.74 Å². The molecule has 3 nitrogen and oxygen atoms in total. The van der Waals surface area contributed by atoms with Crippen LogP contribution < -0.4 is 5.56 Å². The number of nitrogens with zero attached hydrogens (tertiary/aromatic N) is 1. The van der Waals surface area contributed by atoms with Crippen LogP contribution in [0.1, 0.15) is 0 Å². The molecule has 0 bridgehead atoms. The molecular weight excluding hydrogens is 144 g/mol. The second-order valence-electron chi connectivity index (χ2n) is 1.70. The second-order valence-corrected chi connectivity index (χ2v) is 1.70. The van der Waals surface area contributed by atoms with Gasteiger partial charge in [-0.25, -0.2) is 8.78 Å². The van der Waals surface area contributed by atoms with Gasteiger partial charge in [0, 0.05) is 6.07 Å². The monoisotopic (exact) mass is 149 g/mol. The smallest absolute Gasteiger partial charge is 0.282 e. The molecule has 0 N–H and O–H groups in total. The summed E-state index contributed by atoms with van der Waals surface area (Å²) in [6.45, 7) is -0.675. The Morgan fingerprint density at radius 3 is 2.80 bits per heavy atom. The van der Waals surface area contributed by atoms with Crippen molar-refractivity contribution in [3.63, 3.8) is 0 Å². The summed E-state index contributed by atoms with van der Waals surface area (Å²) in [5.74, 6) is 0. The number of alkyl halides is 2. The lowest BCUT2D eigenvalue weighted by atomic mass is 10.6. The molecule has 0 aliphatic carbocycles. The first-order valence-electron chi connectivity index (χ1n) is 2.63. The zero-order valence-electron chi connectivity index (χ0n) is 4.96. The fourth-order valence-electron chi connectivity index (χ4n) is 0.556. The molecule has 0 aromatic carbocycles. The number of halogens is 2. The molecule has 1 aromatic rings. The maximum absolute atomic E-state index is 11.6. The van der Waals surface area contributed by atoms with Crippen molar-refractivity contribution < 1.29 is 13.3 Å². The topological polar surface area (TPSA) is 35.1 Å². The maximum Gasteiger partial charge on any atom is 0.282 e. The number of rotatable bonds is 2. The molecule has 0 saturated heterocycles. The van der Waals surface area contributed by atoms with Crippen LogP contribution in [0.4, 0.5) is 8.78 Å². The molecule has 0 fully saturated rings. The van der Waals surface area contributed by atoms with E-state index >= 15 is 0 Å². The van der Waals surface area contributed by atoms with Crippen LogP contribution in [0.5, 0.6) is 0 Å². The van der Waals surface area contributed by atoms with Gasteiger partial charge in [-0.15, -0.1) is 0 Å². The summed E-state index contributed by atoms with van der Waals surface area (Å²) >= 11 is 0. The van der Waals surface area contributed by atoms with Crippen molar-refractivity contribution in [2.75, 3.05) is 0 Å². The molecule has 0 atom stereocenters. The Bertz CT molecular complexity index is 252. The Balaban J connectivity index is 2.75. The summed E-state index contributed by atoms with van der Waals surface area (Å²) in [4.78, 5) is 10.5. The van der Waals surface area contributed by atoms with Crippen LogP contribution in [0, 0.1) is 0 Å². The fourth-order valence-corrected chi connectivity index (χ4v) is 0.556. The van der Waals surface area contributed by atoms with Crippen LogP contribution in [0.15, 0.2) is 21.6 Å². The van der Waals surface area contributed by atoms with Gasteiger partial charge in [0.05, 0.1) is 0 Å². The Hall–Kier alpha value is -1.13. The second kappa shape index (κ2) is 2.64. The lowest BCUT2D eigenvalue weighted by Gasteiger charge is -1.95. The molecule has 1 rings (SSSR count). The first kappa shape index (κ1) is 6.98. The highest BCUT2D eigenvalue weighted by Crippen LogP contribution is 1.94. The van der Waals surface area contributed by atoms with E-state index in [-0.39, 0.29) is 0 Å². The SMILES string of the molecule is O=c1ccon1CC(F)F.